The van der Waals surface area contributed by atoms with Gasteiger partial charge >= 0.3 is 0 Å². The highest BCUT2D eigenvalue weighted by Crippen LogP contribution is 2.40. The average molecular weight is 561 g/mol. The number of likely N-dealkylation sites (N-methyl/N-ethyl adjacent to an activating group) is 1. The van der Waals surface area contributed by atoms with Crippen molar-refractivity contribution >= 4 is 35.8 Å². The third-order valence-electron chi connectivity index (χ3n) is 5.80. The van der Waals surface area contributed by atoms with Gasteiger partial charge in [0, 0.05) is 40.4 Å². The van der Waals surface area contributed by atoms with Gasteiger partial charge < -0.3 is 25.0 Å². The number of halogens is 1. The zero-order valence-corrected chi connectivity index (χ0v) is 22.4. The van der Waals surface area contributed by atoms with E-state index in [9.17, 15) is 4.79 Å². The number of rotatable bonds is 12. The topological polar surface area (TPSA) is 75.2 Å². The molecule has 0 aliphatic heterocycles. The van der Waals surface area contributed by atoms with Gasteiger partial charge in [0.2, 0.25) is 0 Å². The van der Waals surface area contributed by atoms with Crippen LogP contribution in [0.2, 0.25) is 0 Å². The van der Waals surface area contributed by atoms with Gasteiger partial charge in [0.15, 0.2) is 12.6 Å². The van der Waals surface area contributed by atoms with Crippen molar-refractivity contribution in [1.29, 1.82) is 0 Å². The maximum Gasteiger partial charge on any atom is 0.259 e. The fourth-order valence-corrected chi connectivity index (χ4v) is 3.86. The van der Waals surface area contributed by atoms with Crippen LogP contribution in [0.3, 0.4) is 0 Å². The summed E-state index contributed by atoms with van der Waals surface area (Å²) in [4.78, 5) is 18.0. The van der Waals surface area contributed by atoms with Gasteiger partial charge in [-0.25, -0.2) is 4.99 Å². The second kappa shape index (κ2) is 15.3. The first-order valence-electron chi connectivity index (χ1n) is 11.5. The molecule has 2 rings (SSSR count). The molecule has 182 valence electrons. The average Bonchev–Trinajstić information content (AvgIpc) is 3.23. The van der Waals surface area contributed by atoms with Crippen LogP contribution in [-0.4, -0.2) is 63.8 Å². The minimum atomic E-state index is -0.0627. The molecule has 7 nitrogen and oxygen atoms in total. The third kappa shape index (κ3) is 9.94. The van der Waals surface area contributed by atoms with Crippen molar-refractivity contribution < 1.29 is 14.3 Å². The molecule has 1 fully saturated rings. The number of hydrogen-bond donors (Lipinski definition) is 2. The van der Waals surface area contributed by atoms with Crippen LogP contribution in [-0.2, 0) is 16.1 Å². The Kier molecular flexibility index (Phi) is 13.6. The minimum Gasteiger partial charge on any atom is -0.484 e. The lowest BCUT2D eigenvalue weighted by Crippen LogP contribution is -2.43. The number of amides is 1. The fourth-order valence-electron chi connectivity index (χ4n) is 3.86. The molecule has 1 saturated carbocycles. The lowest BCUT2D eigenvalue weighted by atomic mass is 9.83. The summed E-state index contributed by atoms with van der Waals surface area (Å²) < 4.78 is 11.2. The number of carbonyl (C=O) groups is 1. The van der Waals surface area contributed by atoms with Gasteiger partial charge in [-0.1, -0.05) is 25.0 Å². The summed E-state index contributed by atoms with van der Waals surface area (Å²) in [7, 11) is 3.44. The van der Waals surface area contributed by atoms with E-state index >= 15 is 0 Å². The lowest BCUT2D eigenvalue weighted by molar-refractivity contribution is -0.130. The Morgan fingerprint density at radius 1 is 1.19 bits per heavy atom. The van der Waals surface area contributed by atoms with E-state index in [4.69, 9.17) is 14.5 Å². The molecule has 1 aliphatic rings. The predicted octanol–water partition coefficient (Wildman–Crippen LogP) is 3.81. The van der Waals surface area contributed by atoms with Crippen molar-refractivity contribution in [2.24, 2.45) is 10.4 Å². The summed E-state index contributed by atoms with van der Waals surface area (Å²) in [5.41, 5.74) is 1.34. The van der Waals surface area contributed by atoms with Crippen molar-refractivity contribution in [2.75, 3.05) is 47.0 Å². The number of nitrogens with one attached hydrogen (secondary N) is 2. The lowest BCUT2D eigenvalue weighted by Gasteiger charge is -2.30. The van der Waals surface area contributed by atoms with Crippen LogP contribution in [0.4, 0.5) is 0 Å². The molecule has 1 aromatic carbocycles. The Morgan fingerprint density at radius 2 is 1.94 bits per heavy atom. The highest BCUT2D eigenvalue weighted by atomic mass is 127. The van der Waals surface area contributed by atoms with Crippen molar-refractivity contribution in [3.8, 4) is 5.75 Å². The molecule has 0 heterocycles. The van der Waals surface area contributed by atoms with Crippen LogP contribution >= 0.6 is 24.0 Å². The largest absolute Gasteiger partial charge is 0.484 e. The van der Waals surface area contributed by atoms with Crippen molar-refractivity contribution in [2.45, 2.75) is 52.5 Å². The second-order valence-electron chi connectivity index (χ2n) is 8.43. The standard InChI is InChI=1S/C24H40N4O3.HI/c1-5-25-23(27-19-24(12-7-8-13-24)14-15-30-6-2)26-17-20-10-9-11-21(16-20)31-18-22(29)28(3)4;/h9-11,16H,5-8,12-15,17-19H2,1-4H3,(H2,25,26,27);1H. The van der Waals surface area contributed by atoms with E-state index in [1.807, 2.05) is 24.3 Å². The van der Waals surface area contributed by atoms with Crippen LogP contribution in [0.25, 0.3) is 0 Å². The van der Waals surface area contributed by atoms with E-state index in [-0.39, 0.29) is 36.5 Å². The third-order valence-corrected chi connectivity index (χ3v) is 5.80. The van der Waals surface area contributed by atoms with Crippen LogP contribution < -0.4 is 15.4 Å². The molecular weight excluding hydrogens is 519 g/mol. The number of hydrogen-bond acceptors (Lipinski definition) is 4. The van der Waals surface area contributed by atoms with E-state index in [0.29, 0.717) is 17.7 Å². The summed E-state index contributed by atoms with van der Waals surface area (Å²) in [6.07, 6.45) is 6.18. The number of ether oxygens (including phenoxy) is 2. The molecule has 8 heteroatoms. The predicted molar refractivity (Wildman–Crippen MR) is 141 cm³/mol. The number of benzene rings is 1. The van der Waals surface area contributed by atoms with Crippen LogP contribution in [0.1, 0.15) is 51.5 Å². The van der Waals surface area contributed by atoms with Gasteiger partial charge in [-0.2, -0.15) is 0 Å². The molecular formula is C24H41IN4O3. The molecule has 0 atom stereocenters. The maximum atomic E-state index is 11.7. The van der Waals surface area contributed by atoms with Crippen LogP contribution in [0.15, 0.2) is 29.3 Å². The monoisotopic (exact) mass is 560 g/mol. The summed E-state index contributed by atoms with van der Waals surface area (Å²) in [6.45, 7) is 8.04. The molecule has 0 aromatic heterocycles. The van der Waals surface area contributed by atoms with Crippen molar-refractivity contribution in [3.63, 3.8) is 0 Å². The molecule has 2 N–H and O–H groups in total. The van der Waals surface area contributed by atoms with E-state index < -0.39 is 0 Å². The van der Waals surface area contributed by atoms with Gasteiger partial charge in [-0.15, -0.1) is 24.0 Å². The smallest absolute Gasteiger partial charge is 0.259 e. The SMILES string of the molecule is CCNC(=NCc1cccc(OCC(=O)N(C)C)c1)NCC1(CCOCC)CCCC1.I. The van der Waals surface area contributed by atoms with Gasteiger partial charge in [-0.05, 0) is 56.2 Å². The molecule has 0 radical (unpaired) electrons. The molecule has 1 aliphatic carbocycles. The summed E-state index contributed by atoms with van der Waals surface area (Å²) in [5.74, 6) is 1.45. The number of aliphatic imine (C=N–C) groups is 1. The zero-order valence-electron chi connectivity index (χ0n) is 20.1. The van der Waals surface area contributed by atoms with Crippen LogP contribution in [0.5, 0.6) is 5.75 Å². The molecule has 0 bridgehead atoms. The molecule has 0 unspecified atom stereocenters. The van der Waals surface area contributed by atoms with Gasteiger partial charge in [0.05, 0.1) is 6.54 Å². The number of nitrogens with zero attached hydrogens (tertiary/aromatic N) is 2. The van der Waals surface area contributed by atoms with Crippen molar-refractivity contribution in [1.82, 2.24) is 15.5 Å². The maximum absolute atomic E-state index is 11.7. The Bertz CT molecular complexity index is 706. The Labute approximate surface area is 210 Å². The Balaban J connectivity index is 0.00000512. The first-order valence-corrected chi connectivity index (χ1v) is 11.5. The van der Waals surface area contributed by atoms with E-state index in [1.54, 1.807) is 14.1 Å². The van der Waals surface area contributed by atoms with E-state index in [2.05, 4.69) is 24.5 Å². The number of guanidine groups is 1. The first kappa shape index (κ1) is 28.5. The normalized spacial score (nSPS) is 15.1. The fraction of sp³-hybridized carbons (Fsp3) is 0.667. The highest BCUT2D eigenvalue weighted by molar-refractivity contribution is 14.0. The second-order valence-corrected chi connectivity index (χ2v) is 8.43. The molecule has 1 aromatic rings. The molecule has 0 spiro atoms. The highest BCUT2D eigenvalue weighted by Gasteiger charge is 2.33. The molecule has 0 saturated heterocycles. The van der Waals surface area contributed by atoms with Crippen LogP contribution in [0, 0.1) is 5.41 Å². The summed E-state index contributed by atoms with van der Waals surface area (Å²) in [5, 5.41) is 6.92. The van der Waals surface area contributed by atoms with E-state index in [0.717, 1.165) is 44.2 Å². The first-order chi connectivity index (χ1) is 15.0. The van der Waals surface area contributed by atoms with Gasteiger partial charge in [0.1, 0.15) is 5.75 Å². The minimum absolute atomic E-state index is 0. The molecule has 32 heavy (non-hydrogen) atoms. The summed E-state index contributed by atoms with van der Waals surface area (Å²) >= 11 is 0. The van der Waals surface area contributed by atoms with Crippen molar-refractivity contribution in [3.05, 3.63) is 29.8 Å². The quantitative estimate of drug-likeness (QED) is 0.176. The summed E-state index contributed by atoms with van der Waals surface area (Å²) in [6, 6.07) is 7.76. The number of carbonyl (C=O) groups excluding carboxylic acids is 1. The van der Waals surface area contributed by atoms with Gasteiger partial charge in [-0.3, -0.25) is 4.79 Å². The van der Waals surface area contributed by atoms with E-state index in [1.165, 1.54) is 30.6 Å². The van der Waals surface area contributed by atoms with Gasteiger partial charge in [0.25, 0.3) is 5.91 Å². The Hall–Kier alpha value is -1.55. The molecule has 1 amide bonds. The zero-order chi connectivity index (χ0) is 22.5. The Morgan fingerprint density at radius 3 is 2.59 bits per heavy atom.